The van der Waals surface area contributed by atoms with Crippen molar-refractivity contribution in [3.05, 3.63) is 27.9 Å². The summed E-state index contributed by atoms with van der Waals surface area (Å²) in [6, 6.07) is 1.17. The van der Waals surface area contributed by atoms with Crippen molar-refractivity contribution in [1.82, 2.24) is 10.3 Å². The summed E-state index contributed by atoms with van der Waals surface area (Å²) < 4.78 is 0. The maximum atomic E-state index is 12.2. The standard InChI is InChI=1S/C13H20N4O3/c1-4-9(5-2)8(3)16-13(18)10-6-12(14)15-7-11(10)17(19)20/h6-9H,4-5H2,1-3H3,(H2,14,15)(H,16,18). The normalized spacial score (nSPS) is 12.2. The van der Waals surface area contributed by atoms with E-state index in [4.69, 9.17) is 5.73 Å². The minimum absolute atomic E-state index is 0.0553. The molecule has 0 radical (unpaired) electrons. The number of nitrogens with one attached hydrogen (secondary N) is 1. The lowest BCUT2D eigenvalue weighted by atomic mass is 9.95. The molecule has 1 amide bonds. The van der Waals surface area contributed by atoms with Crippen LogP contribution < -0.4 is 11.1 Å². The zero-order valence-corrected chi connectivity index (χ0v) is 11.9. The van der Waals surface area contributed by atoms with Crippen LogP contribution in [0.3, 0.4) is 0 Å². The van der Waals surface area contributed by atoms with Crippen molar-refractivity contribution in [3.63, 3.8) is 0 Å². The number of nitrogens with zero attached hydrogens (tertiary/aromatic N) is 2. The molecule has 0 aliphatic rings. The summed E-state index contributed by atoms with van der Waals surface area (Å²) in [4.78, 5) is 26.1. The fourth-order valence-corrected chi connectivity index (χ4v) is 2.19. The van der Waals surface area contributed by atoms with Crippen LogP contribution >= 0.6 is 0 Å². The van der Waals surface area contributed by atoms with Gasteiger partial charge in [-0.05, 0) is 18.9 Å². The number of hydrogen-bond donors (Lipinski definition) is 2. The summed E-state index contributed by atoms with van der Waals surface area (Å²) in [5, 5.41) is 13.7. The zero-order valence-electron chi connectivity index (χ0n) is 11.9. The van der Waals surface area contributed by atoms with E-state index in [1.54, 1.807) is 0 Å². The molecule has 1 aromatic rings. The SMILES string of the molecule is CCC(CC)C(C)NC(=O)c1cc(N)ncc1[N+](=O)[O-]. The molecule has 0 aromatic carbocycles. The molecule has 1 rings (SSSR count). The zero-order chi connectivity index (χ0) is 15.3. The number of nitrogens with two attached hydrogens (primary N) is 1. The van der Waals surface area contributed by atoms with Gasteiger partial charge in [-0.15, -0.1) is 0 Å². The number of carbonyl (C=O) groups excluding carboxylic acids is 1. The van der Waals surface area contributed by atoms with Crippen molar-refractivity contribution >= 4 is 17.4 Å². The van der Waals surface area contributed by atoms with Gasteiger partial charge in [-0.1, -0.05) is 26.7 Å². The smallest absolute Gasteiger partial charge is 0.300 e. The predicted octanol–water partition coefficient (Wildman–Crippen LogP) is 2.13. The first kappa shape index (κ1) is 15.9. The second-order valence-corrected chi connectivity index (χ2v) is 4.72. The number of pyridine rings is 1. The van der Waals surface area contributed by atoms with Crippen molar-refractivity contribution < 1.29 is 9.72 Å². The van der Waals surface area contributed by atoms with Crippen molar-refractivity contribution in [3.8, 4) is 0 Å². The minimum Gasteiger partial charge on any atom is -0.384 e. The monoisotopic (exact) mass is 280 g/mol. The highest BCUT2D eigenvalue weighted by molar-refractivity contribution is 5.98. The first-order valence-electron chi connectivity index (χ1n) is 6.61. The summed E-state index contributed by atoms with van der Waals surface area (Å²) >= 11 is 0. The van der Waals surface area contributed by atoms with E-state index in [1.165, 1.54) is 6.07 Å². The molecule has 7 nitrogen and oxygen atoms in total. The fraction of sp³-hybridized carbons (Fsp3) is 0.538. The third kappa shape index (κ3) is 3.66. The van der Waals surface area contributed by atoms with Crippen LogP contribution in [0.15, 0.2) is 12.3 Å². The van der Waals surface area contributed by atoms with E-state index < -0.39 is 10.8 Å². The lowest BCUT2D eigenvalue weighted by Crippen LogP contribution is -2.38. The Morgan fingerprint density at radius 3 is 2.60 bits per heavy atom. The minimum atomic E-state index is -0.636. The Morgan fingerprint density at radius 1 is 1.50 bits per heavy atom. The van der Waals surface area contributed by atoms with E-state index in [0.29, 0.717) is 5.92 Å². The molecule has 0 saturated carbocycles. The maximum absolute atomic E-state index is 12.2. The summed E-state index contributed by atoms with van der Waals surface area (Å²) in [5.74, 6) is -0.0849. The van der Waals surface area contributed by atoms with Gasteiger partial charge < -0.3 is 11.1 Å². The molecule has 0 bridgehead atoms. The Balaban J connectivity index is 2.97. The number of aromatic nitrogens is 1. The number of hydrogen-bond acceptors (Lipinski definition) is 5. The Bertz CT molecular complexity index is 500. The van der Waals surface area contributed by atoms with Crippen LogP contribution in [-0.2, 0) is 0 Å². The van der Waals surface area contributed by atoms with Crippen LogP contribution in [0.5, 0.6) is 0 Å². The summed E-state index contributed by atoms with van der Waals surface area (Å²) in [5.41, 5.74) is 5.10. The largest absolute Gasteiger partial charge is 0.384 e. The Kier molecular flexibility index (Phi) is 5.42. The first-order chi connectivity index (χ1) is 9.40. The van der Waals surface area contributed by atoms with Crippen molar-refractivity contribution in [2.24, 2.45) is 5.92 Å². The molecule has 1 heterocycles. The molecular formula is C13H20N4O3. The number of rotatable bonds is 6. The molecule has 1 aromatic heterocycles. The second-order valence-electron chi connectivity index (χ2n) is 4.72. The van der Waals surface area contributed by atoms with Crippen LogP contribution in [0.2, 0.25) is 0 Å². The Morgan fingerprint density at radius 2 is 2.10 bits per heavy atom. The maximum Gasteiger partial charge on any atom is 0.300 e. The Labute approximate surface area is 117 Å². The van der Waals surface area contributed by atoms with Crippen molar-refractivity contribution in [2.45, 2.75) is 39.7 Å². The highest BCUT2D eigenvalue weighted by Gasteiger charge is 2.24. The molecule has 110 valence electrons. The van der Waals surface area contributed by atoms with Gasteiger partial charge >= 0.3 is 0 Å². The molecule has 0 fully saturated rings. The predicted molar refractivity (Wildman–Crippen MR) is 76.3 cm³/mol. The van der Waals surface area contributed by atoms with Gasteiger partial charge in [-0.3, -0.25) is 14.9 Å². The van der Waals surface area contributed by atoms with Crippen molar-refractivity contribution in [2.75, 3.05) is 5.73 Å². The molecule has 7 heteroatoms. The van der Waals surface area contributed by atoms with Gasteiger partial charge in [0.1, 0.15) is 17.6 Å². The van der Waals surface area contributed by atoms with E-state index in [-0.39, 0.29) is 23.1 Å². The average molecular weight is 280 g/mol. The summed E-state index contributed by atoms with van der Waals surface area (Å²) in [6.07, 6.45) is 2.86. The average Bonchev–Trinajstić information content (AvgIpc) is 2.39. The van der Waals surface area contributed by atoms with Gasteiger partial charge in [0.25, 0.3) is 11.6 Å². The molecular weight excluding hydrogens is 260 g/mol. The highest BCUT2D eigenvalue weighted by Crippen LogP contribution is 2.20. The third-order valence-electron chi connectivity index (χ3n) is 3.46. The number of nitrogen functional groups attached to an aromatic ring is 1. The molecule has 1 unspecified atom stereocenters. The van der Waals surface area contributed by atoms with Crippen LogP contribution in [0.1, 0.15) is 44.0 Å². The summed E-state index contributed by atoms with van der Waals surface area (Å²) in [7, 11) is 0. The van der Waals surface area contributed by atoms with Gasteiger partial charge in [0.15, 0.2) is 0 Å². The van der Waals surface area contributed by atoms with Crippen LogP contribution in [-0.4, -0.2) is 21.9 Å². The van der Waals surface area contributed by atoms with E-state index in [9.17, 15) is 14.9 Å². The fourth-order valence-electron chi connectivity index (χ4n) is 2.19. The van der Waals surface area contributed by atoms with Gasteiger partial charge in [0.05, 0.1) is 4.92 Å². The number of anilines is 1. The lowest BCUT2D eigenvalue weighted by Gasteiger charge is -2.22. The van der Waals surface area contributed by atoms with E-state index in [2.05, 4.69) is 10.3 Å². The van der Waals surface area contributed by atoms with E-state index in [0.717, 1.165) is 19.0 Å². The van der Waals surface area contributed by atoms with Gasteiger partial charge in [0, 0.05) is 6.04 Å². The second kappa shape index (κ2) is 6.83. The topological polar surface area (TPSA) is 111 Å². The number of carbonyl (C=O) groups is 1. The van der Waals surface area contributed by atoms with Gasteiger partial charge in [-0.2, -0.15) is 0 Å². The van der Waals surface area contributed by atoms with Gasteiger partial charge in [-0.25, -0.2) is 4.98 Å². The number of nitro groups is 1. The summed E-state index contributed by atoms with van der Waals surface area (Å²) in [6.45, 7) is 5.99. The molecule has 3 N–H and O–H groups in total. The van der Waals surface area contributed by atoms with Crippen molar-refractivity contribution in [1.29, 1.82) is 0 Å². The molecule has 0 aliphatic heterocycles. The third-order valence-corrected chi connectivity index (χ3v) is 3.46. The van der Waals surface area contributed by atoms with Crippen LogP contribution in [0.4, 0.5) is 11.5 Å². The lowest BCUT2D eigenvalue weighted by molar-refractivity contribution is -0.385. The molecule has 0 spiro atoms. The van der Waals surface area contributed by atoms with Crippen LogP contribution in [0.25, 0.3) is 0 Å². The molecule has 0 aliphatic carbocycles. The molecule has 0 saturated heterocycles. The quantitative estimate of drug-likeness (QED) is 0.612. The highest BCUT2D eigenvalue weighted by atomic mass is 16.6. The molecule has 20 heavy (non-hydrogen) atoms. The first-order valence-corrected chi connectivity index (χ1v) is 6.61. The number of amides is 1. The van der Waals surface area contributed by atoms with E-state index in [1.807, 2.05) is 20.8 Å². The molecule has 1 atom stereocenters. The Hall–Kier alpha value is -2.18. The van der Waals surface area contributed by atoms with Crippen LogP contribution in [0, 0.1) is 16.0 Å². The van der Waals surface area contributed by atoms with Gasteiger partial charge in [0.2, 0.25) is 0 Å². The van der Waals surface area contributed by atoms with E-state index >= 15 is 0 Å².